The van der Waals surface area contributed by atoms with E-state index >= 15 is 0 Å². The second-order valence-electron chi connectivity index (χ2n) is 5.27. The first kappa shape index (κ1) is 12.7. The van der Waals surface area contributed by atoms with Crippen molar-refractivity contribution in [3.8, 4) is 0 Å². The summed E-state index contributed by atoms with van der Waals surface area (Å²) in [4.78, 5) is 0. The van der Waals surface area contributed by atoms with E-state index in [1.807, 2.05) is 11.8 Å². The minimum atomic E-state index is 0.675. The molecule has 1 heterocycles. The molecule has 2 aliphatic rings. The van der Waals surface area contributed by atoms with Gasteiger partial charge in [-0.1, -0.05) is 0 Å². The highest BCUT2D eigenvalue weighted by atomic mass is 32.2. The molecule has 1 saturated heterocycles. The van der Waals surface area contributed by atoms with Gasteiger partial charge in [0.25, 0.3) is 0 Å². The van der Waals surface area contributed by atoms with Gasteiger partial charge in [-0.2, -0.15) is 11.8 Å². The van der Waals surface area contributed by atoms with Crippen molar-refractivity contribution < 1.29 is 4.74 Å². The van der Waals surface area contributed by atoms with Gasteiger partial charge in [0, 0.05) is 30.5 Å². The average molecular weight is 243 g/mol. The summed E-state index contributed by atoms with van der Waals surface area (Å²) in [6, 6.07) is 1.45. The summed E-state index contributed by atoms with van der Waals surface area (Å²) in [5.41, 5.74) is 0. The molecule has 1 N–H and O–H groups in total. The van der Waals surface area contributed by atoms with Crippen molar-refractivity contribution in [2.75, 3.05) is 19.5 Å². The Bertz CT molecular complexity index is 206. The van der Waals surface area contributed by atoms with Crippen LogP contribution in [0.25, 0.3) is 0 Å². The van der Waals surface area contributed by atoms with Gasteiger partial charge < -0.3 is 10.1 Å². The summed E-state index contributed by atoms with van der Waals surface area (Å²) in [5, 5.41) is 4.75. The van der Waals surface area contributed by atoms with Crippen LogP contribution in [0.5, 0.6) is 0 Å². The van der Waals surface area contributed by atoms with Crippen molar-refractivity contribution in [2.45, 2.75) is 56.4 Å². The normalized spacial score (nSPS) is 34.1. The minimum Gasteiger partial charge on any atom is -0.381 e. The Balaban J connectivity index is 1.72. The van der Waals surface area contributed by atoms with E-state index in [4.69, 9.17) is 4.74 Å². The Hall–Kier alpha value is 0.270. The van der Waals surface area contributed by atoms with Gasteiger partial charge in [-0.15, -0.1) is 0 Å². The third-order valence-electron chi connectivity index (χ3n) is 4.19. The lowest BCUT2D eigenvalue weighted by molar-refractivity contribution is 0.0545. The molecule has 3 unspecified atom stereocenters. The van der Waals surface area contributed by atoms with E-state index in [0.717, 1.165) is 30.4 Å². The van der Waals surface area contributed by atoms with Gasteiger partial charge in [-0.3, -0.25) is 0 Å². The summed E-state index contributed by atoms with van der Waals surface area (Å²) in [5.74, 6) is 0.835. The molecule has 3 heteroatoms. The number of hydrogen-bond donors (Lipinski definition) is 1. The minimum absolute atomic E-state index is 0.675. The first-order chi connectivity index (χ1) is 7.79. The Morgan fingerprint density at radius 1 is 1.19 bits per heavy atom. The Kier molecular flexibility index (Phi) is 4.98. The SMILES string of the molecule is CSC1CCC(NC(C)C2CCOCC2)C1. The van der Waals surface area contributed by atoms with Gasteiger partial charge in [0.1, 0.15) is 0 Å². The van der Waals surface area contributed by atoms with Crippen LogP contribution >= 0.6 is 11.8 Å². The lowest BCUT2D eigenvalue weighted by Gasteiger charge is -2.30. The standard InChI is InChI=1S/C13H25NOS/c1-10(11-5-7-15-8-6-11)14-12-3-4-13(9-12)16-2/h10-14H,3-9H2,1-2H3. The lowest BCUT2D eigenvalue weighted by Crippen LogP contribution is -2.41. The molecule has 0 aromatic rings. The molecule has 1 saturated carbocycles. The molecule has 2 nitrogen and oxygen atoms in total. The molecule has 0 radical (unpaired) electrons. The molecule has 0 amide bonds. The summed E-state index contributed by atoms with van der Waals surface area (Å²) in [7, 11) is 0. The Morgan fingerprint density at radius 3 is 2.56 bits per heavy atom. The van der Waals surface area contributed by atoms with Crippen molar-refractivity contribution in [3.63, 3.8) is 0 Å². The van der Waals surface area contributed by atoms with Crippen LogP contribution in [0, 0.1) is 5.92 Å². The van der Waals surface area contributed by atoms with Gasteiger partial charge in [-0.05, 0) is 51.2 Å². The number of hydrogen-bond acceptors (Lipinski definition) is 3. The molecule has 0 aromatic heterocycles. The lowest BCUT2D eigenvalue weighted by atomic mass is 9.92. The smallest absolute Gasteiger partial charge is 0.0469 e. The number of rotatable bonds is 4. The summed E-state index contributed by atoms with van der Waals surface area (Å²) >= 11 is 2.04. The van der Waals surface area contributed by atoms with Gasteiger partial charge in [0.05, 0.1) is 0 Å². The molecule has 0 spiro atoms. The van der Waals surface area contributed by atoms with Gasteiger partial charge in [0.2, 0.25) is 0 Å². The molecular weight excluding hydrogens is 218 g/mol. The van der Waals surface area contributed by atoms with Crippen LogP contribution in [-0.2, 0) is 4.74 Å². The quantitative estimate of drug-likeness (QED) is 0.820. The van der Waals surface area contributed by atoms with Crippen LogP contribution in [0.3, 0.4) is 0 Å². The van der Waals surface area contributed by atoms with E-state index in [2.05, 4.69) is 18.5 Å². The molecular formula is C13H25NOS. The monoisotopic (exact) mass is 243 g/mol. The maximum absolute atomic E-state index is 5.42. The second-order valence-corrected chi connectivity index (χ2v) is 6.41. The first-order valence-corrected chi connectivity index (χ1v) is 7.95. The third-order valence-corrected chi connectivity index (χ3v) is 5.28. The van der Waals surface area contributed by atoms with Crippen LogP contribution in [0.1, 0.15) is 39.0 Å². The summed E-state index contributed by atoms with van der Waals surface area (Å²) in [6.07, 6.45) is 8.88. The summed E-state index contributed by atoms with van der Waals surface area (Å²) in [6.45, 7) is 4.30. The molecule has 2 fully saturated rings. The van der Waals surface area contributed by atoms with Crippen molar-refractivity contribution in [1.82, 2.24) is 5.32 Å². The fraction of sp³-hybridized carbons (Fsp3) is 1.00. The first-order valence-electron chi connectivity index (χ1n) is 6.66. The van der Waals surface area contributed by atoms with E-state index in [0.29, 0.717) is 6.04 Å². The number of ether oxygens (including phenoxy) is 1. The van der Waals surface area contributed by atoms with Crippen molar-refractivity contribution >= 4 is 11.8 Å². The van der Waals surface area contributed by atoms with Crippen molar-refractivity contribution in [2.24, 2.45) is 5.92 Å². The summed E-state index contributed by atoms with van der Waals surface area (Å²) < 4.78 is 5.42. The van der Waals surface area contributed by atoms with Gasteiger partial charge in [-0.25, -0.2) is 0 Å². The van der Waals surface area contributed by atoms with E-state index in [1.54, 1.807) is 0 Å². The molecule has 1 aliphatic heterocycles. The fourth-order valence-corrected chi connectivity index (χ4v) is 3.83. The van der Waals surface area contributed by atoms with Crippen LogP contribution in [-0.4, -0.2) is 36.8 Å². The Labute approximate surface area is 104 Å². The molecule has 94 valence electrons. The topological polar surface area (TPSA) is 21.3 Å². The largest absolute Gasteiger partial charge is 0.381 e. The van der Waals surface area contributed by atoms with Crippen molar-refractivity contribution in [3.05, 3.63) is 0 Å². The third kappa shape index (κ3) is 3.38. The van der Waals surface area contributed by atoms with E-state index in [9.17, 15) is 0 Å². The second kappa shape index (κ2) is 6.27. The van der Waals surface area contributed by atoms with E-state index in [-0.39, 0.29) is 0 Å². The van der Waals surface area contributed by atoms with Gasteiger partial charge in [0.15, 0.2) is 0 Å². The molecule has 1 aliphatic carbocycles. The van der Waals surface area contributed by atoms with Crippen LogP contribution in [0.15, 0.2) is 0 Å². The van der Waals surface area contributed by atoms with E-state index < -0.39 is 0 Å². The zero-order valence-electron chi connectivity index (χ0n) is 10.6. The predicted octanol–water partition coefficient (Wildman–Crippen LogP) is 2.68. The molecule has 0 aromatic carbocycles. The van der Waals surface area contributed by atoms with Crippen LogP contribution < -0.4 is 5.32 Å². The highest BCUT2D eigenvalue weighted by molar-refractivity contribution is 7.99. The highest BCUT2D eigenvalue weighted by Crippen LogP contribution is 2.29. The van der Waals surface area contributed by atoms with E-state index in [1.165, 1.54) is 32.1 Å². The highest BCUT2D eigenvalue weighted by Gasteiger charge is 2.27. The zero-order valence-corrected chi connectivity index (χ0v) is 11.4. The molecule has 2 rings (SSSR count). The molecule has 16 heavy (non-hydrogen) atoms. The molecule has 3 atom stereocenters. The number of thioether (sulfide) groups is 1. The van der Waals surface area contributed by atoms with Gasteiger partial charge >= 0.3 is 0 Å². The molecule has 0 bridgehead atoms. The Morgan fingerprint density at radius 2 is 1.94 bits per heavy atom. The predicted molar refractivity (Wildman–Crippen MR) is 71.1 cm³/mol. The van der Waals surface area contributed by atoms with Crippen LogP contribution in [0.2, 0.25) is 0 Å². The number of nitrogens with one attached hydrogen (secondary N) is 1. The maximum atomic E-state index is 5.42. The van der Waals surface area contributed by atoms with Crippen molar-refractivity contribution in [1.29, 1.82) is 0 Å². The van der Waals surface area contributed by atoms with Crippen LogP contribution in [0.4, 0.5) is 0 Å². The maximum Gasteiger partial charge on any atom is 0.0469 e. The zero-order chi connectivity index (χ0) is 11.4. The average Bonchev–Trinajstić information content (AvgIpc) is 2.78. The fourth-order valence-electron chi connectivity index (χ4n) is 3.03.